The first kappa shape index (κ1) is 20.6. The Morgan fingerprint density at radius 1 is 1.24 bits per heavy atom. The lowest BCUT2D eigenvalue weighted by atomic mass is 10.1. The van der Waals surface area contributed by atoms with E-state index in [0.717, 1.165) is 17.2 Å². The lowest BCUT2D eigenvalue weighted by Crippen LogP contribution is -2.25. The summed E-state index contributed by atoms with van der Waals surface area (Å²) in [4.78, 5) is 12.4. The Labute approximate surface area is 166 Å². The van der Waals surface area contributed by atoms with E-state index in [-0.39, 0.29) is 12.5 Å². The molecule has 0 radical (unpaired) electrons. The van der Waals surface area contributed by atoms with Gasteiger partial charge in [-0.1, -0.05) is 31.2 Å². The van der Waals surface area contributed by atoms with Crippen molar-refractivity contribution < 1.29 is 18.0 Å². The summed E-state index contributed by atoms with van der Waals surface area (Å²) in [5.41, 5.74) is 2.19. The molecule has 9 heteroatoms. The van der Waals surface area contributed by atoms with Gasteiger partial charge < -0.3 is 5.32 Å². The highest BCUT2D eigenvalue weighted by Crippen LogP contribution is 2.28. The van der Waals surface area contributed by atoms with Crippen LogP contribution in [0.1, 0.15) is 29.4 Å². The number of amides is 1. The molecule has 29 heavy (non-hydrogen) atoms. The molecule has 0 saturated carbocycles. The van der Waals surface area contributed by atoms with Gasteiger partial charge >= 0.3 is 6.18 Å². The van der Waals surface area contributed by atoms with Gasteiger partial charge in [0.25, 0.3) is 0 Å². The van der Waals surface area contributed by atoms with Gasteiger partial charge in [0.2, 0.25) is 5.91 Å². The van der Waals surface area contributed by atoms with Crippen LogP contribution in [0, 0.1) is 19.8 Å². The van der Waals surface area contributed by atoms with Gasteiger partial charge in [0, 0.05) is 11.9 Å². The molecular weight excluding hydrogens is 383 g/mol. The molecule has 0 saturated heterocycles. The predicted octanol–water partition coefficient (Wildman–Crippen LogP) is 4.04. The van der Waals surface area contributed by atoms with E-state index in [2.05, 4.69) is 15.5 Å². The monoisotopic (exact) mass is 405 g/mol. The maximum atomic E-state index is 12.8. The number of alkyl halides is 3. The van der Waals surface area contributed by atoms with Gasteiger partial charge in [-0.25, -0.2) is 0 Å². The van der Waals surface area contributed by atoms with E-state index in [0.29, 0.717) is 17.9 Å². The van der Waals surface area contributed by atoms with E-state index in [1.165, 1.54) is 11.6 Å². The van der Waals surface area contributed by atoms with Crippen molar-refractivity contribution in [3.63, 3.8) is 0 Å². The molecule has 1 atom stereocenters. The van der Waals surface area contributed by atoms with Crippen LogP contribution >= 0.6 is 0 Å². The highest BCUT2D eigenvalue weighted by atomic mass is 19.4. The number of hydrogen-bond acceptors (Lipinski definition) is 3. The lowest BCUT2D eigenvalue weighted by molar-refractivity contribution is -0.141. The molecule has 3 aromatic rings. The molecule has 2 heterocycles. The first-order valence-corrected chi connectivity index (χ1v) is 9.13. The zero-order valence-corrected chi connectivity index (χ0v) is 16.4. The second-order valence-corrected chi connectivity index (χ2v) is 7.09. The first-order chi connectivity index (χ1) is 13.6. The standard InChI is InChI=1S/C20H22F3N5O/c1-13-6-4-5-7-16(13)11-27-12-17(9-24-27)25-19(29)14(2)10-28-15(3)8-18(26-28)20(21,22)23/h4-9,12,14H,10-11H2,1-3H3,(H,25,29). The normalized spacial score (nSPS) is 12.8. The van der Waals surface area contributed by atoms with Gasteiger partial charge in [0.15, 0.2) is 5.69 Å². The topological polar surface area (TPSA) is 64.7 Å². The lowest BCUT2D eigenvalue weighted by Gasteiger charge is -2.12. The molecule has 0 aliphatic heterocycles. The fraction of sp³-hybridized carbons (Fsp3) is 0.350. The van der Waals surface area contributed by atoms with E-state index in [1.54, 1.807) is 24.0 Å². The van der Waals surface area contributed by atoms with Crippen LogP contribution in [0.25, 0.3) is 0 Å². The molecule has 0 aliphatic rings. The van der Waals surface area contributed by atoms with Crippen LogP contribution in [0.4, 0.5) is 18.9 Å². The average Bonchev–Trinajstić information content (AvgIpc) is 3.23. The Kier molecular flexibility index (Phi) is 5.76. The summed E-state index contributed by atoms with van der Waals surface area (Å²) >= 11 is 0. The molecule has 1 N–H and O–H groups in total. The number of nitrogens with one attached hydrogen (secondary N) is 1. The molecule has 0 bridgehead atoms. The van der Waals surface area contributed by atoms with Gasteiger partial charge in [-0.15, -0.1) is 0 Å². The number of rotatable bonds is 6. The predicted molar refractivity (Wildman–Crippen MR) is 102 cm³/mol. The number of hydrogen-bond donors (Lipinski definition) is 1. The van der Waals surface area contributed by atoms with Crippen molar-refractivity contribution in [3.05, 3.63) is 65.2 Å². The van der Waals surface area contributed by atoms with Crippen molar-refractivity contribution in [1.82, 2.24) is 19.6 Å². The van der Waals surface area contributed by atoms with Crippen LogP contribution in [0.2, 0.25) is 0 Å². The molecule has 0 fully saturated rings. The van der Waals surface area contributed by atoms with E-state index in [4.69, 9.17) is 0 Å². The largest absolute Gasteiger partial charge is 0.435 e. The third kappa shape index (κ3) is 5.04. The number of anilines is 1. The summed E-state index contributed by atoms with van der Waals surface area (Å²) in [6.45, 7) is 5.81. The number of halogens is 3. The van der Waals surface area contributed by atoms with Gasteiger partial charge in [-0.05, 0) is 31.0 Å². The zero-order valence-electron chi connectivity index (χ0n) is 16.4. The Hall–Kier alpha value is -3.10. The smallest absolute Gasteiger partial charge is 0.323 e. The van der Waals surface area contributed by atoms with Crippen molar-refractivity contribution in [2.45, 2.75) is 40.0 Å². The SMILES string of the molecule is Cc1ccccc1Cn1cc(NC(=O)C(C)Cn2nc(C(F)(F)F)cc2C)cn1. The second kappa shape index (κ2) is 8.10. The van der Waals surface area contributed by atoms with Crippen LogP contribution < -0.4 is 5.32 Å². The highest BCUT2D eigenvalue weighted by Gasteiger charge is 2.34. The second-order valence-electron chi connectivity index (χ2n) is 7.09. The van der Waals surface area contributed by atoms with Crippen LogP contribution in [0.3, 0.4) is 0 Å². The molecule has 6 nitrogen and oxygen atoms in total. The number of carbonyl (C=O) groups excluding carboxylic acids is 1. The van der Waals surface area contributed by atoms with Crippen molar-refractivity contribution in [2.75, 3.05) is 5.32 Å². The van der Waals surface area contributed by atoms with E-state index >= 15 is 0 Å². The van der Waals surface area contributed by atoms with Crippen LogP contribution in [0.15, 0.2) is 42.7 Å². The summed E-state index contributed by atoms with van der Waals surface area (Å²) in [5, 5.41) is 10.6. The van der Waals surface area contributed by atoms with Crippen LogP contribution in [-0.2, 0) is 24.1 Å². The third-order valence-corrected chi connectivity index (χ3v) is 4.66. The Bertz CT molecular complexity index is 1010. The molecule has 3 rings (SSSR count). The maximum Gasteiger partial charge on any atom is 0.435 e. The fourth-order valence-corrected chi connectivity index (χ4v) is 2.92. The van der Waals surface area contributed by atoms with Crippen LogP contribution in [0.5, 0.6) is 0 Å². The molecule has 0 spiro atoms. The highest BCUT2D eigenvalue weighted by molar-refractivity contribution is 5.91. The van der Waals surface area contributed by atoms with E-state index < -0.39 is 17.8 Å². The number of benzene rings is 1. The molecule has 2 aromatic heterocycles. The third-order valence-electron chi connectivity index (χ3n) is 4.66. The molecule has 1 amide bonds. The van der Waals surface area contributed by atoms with Crippen molar-refractivity contribution in [2.24, 2.45) is 5.92 Å². The van der Waals surface area contributed by atoms with Gasteiger partial charge in [0.05, 0.1) is 30.9 Å². The number of carbonyl (C=O) groups is 1. The quantitative estimate of drug-likeness (QED) is 0.673. The molecule has 1 unspecified atom stereocenters. The first-order valence-electron chi connectivity index (χ1n) is 9.13. The summed E-state index contributed by atoms with van der Waals surface area (Å²) in [5.74, 6) is -0.890. The average molecular weight is 405 g/mol. The summed E-state index contributed by atoms with van der Waals surface area (Å²) in [6.07, 6.45) is -1.24. The molecule has 1 aromatic carbocycles. The Morgan fingerprint density at radius 3 is 2.62 bits per heavy atom. The van der Waals surface area contributed by atoms with E-state index in [1.807, 2.05) is 31.2 Å². The minimum Gasteiger partial charge on any atom is -0.323 e. The minimum atomic E-state index is -4.51. The van der Waals surface area contributed by atoms with Crippen molar-refractivity contribution >= 4 is 11.6 Å². The molecule has 154 valence electrons. The minimum absolute atomic E-state index is 0.0467. The van der Waals surface area contributed by atoms with E-state index in [9.17, 15) is 18.0 Å². The van der Waals surface area contributed by atoms with Gasteiger partial charge in [-0.2, -0.15) is 23.4 Å². The maximum absolute atomic E-state index is 12.8. The summed E-state index contributed by atoms with van der Waals surface area (Å²) in [6, 6.07) is 8.93. The Morgan fingerprint density at radius 2 is 1.97 bits per heavy atom. The number of nitrogens with zero attached hydrogens (tertiary/aromatic N) is 4. The molecular formula is C20H22F3N5O. The number of aromatic nitrogens is 4. The Balaban J connectivity index is 1.61. The van der Waals surface area contributed by atoms with Gasteiger partial charge in [-0.3, -0.25) is 14.2 Å². The zero-order chi connectivity index (χ0) is 21.2. The van der Waals surface area contributed by atoms with Crippen molar-refractivity contribution in [1.29, 1.82) is 0 Å². The molecule has 0 aliphatic carbocycles. The summed E-state index contributed by atoms with van der Waals surface area (Å²) < 4.78 is 41.3. The van der Waals surface area contributed by atoms with Gasteiger partial charge in [0.1, 0.15) is 0 Å². The fourth-order valence-electron chi connectivity index (χ4n) is 2.92. The van der Waals surface area contributed by atoms with Crippen molar-refractivity contribution in [3.8, 4) is 0 Å². The summed E-state index contributed by atoms with van der Waals surface area (Å²) in [7, 11) is 0. The number of aryl methyl sites for hydroxylation is 2. The van der Waals surface area contributed by atoms with Crippen LogP contribution in [-0.4, -0.2) is 25.5 Å².